The number of aromatic nitrogens is 2. The first-order valence-corrected chi connectivity index (χ1v) is 6.96. The van der Waals surface area contributed by atoms with Crippen LogP contribution in [0.15, 0.2) is 23.7 Å². The zero-order chi connectivity index (χ0) is 14.5. The van der Waals surface area contributed by atoms with Gasteiger partial charge in [-0.2, -0.15) is 4.98 Å². The first kappa shape index (κ1) is 14.2. The van der Waals surface area contributed by atoms with E-state index in [0.717, 1.165) is 6.42 Å². The lowest BCUT2D eigenvalue weighted by atomic mass is 10.2. The first-order valence-electron chi connectivity index (χ1n) is 6.08. The molecule has 0 radical (unpaired) electrons. The Morgan fingerprint density at radius 1 is 1.55 bits per heavy atom. The third-order valence-electron chi connectivity index (χ3n) is 2.66. The highest BCUT2D eigenvalue weighted by Gasteiger charge is 2.18. The van der Waals surface area contributed by atoms with Crippen LogP contribution in [0.4, 0.5) is 17.5 Å². The molecule has 2 aromatic rings. The van der Waals surface area contributed by atoms with Gasteiger partial charge in [0.25, 0.3) is 0 Å². The van der Waals surface area contributed by atoms with Gasteiger partial charge in [-0.05, 0) is 18.4 Å². The fraction of sp³-hybridized carbons (Fsp3) is 0.333. The lowest BCUT2D eigenvalue weighted by Crippen LogP contribution is -2.19. The van der Waals surface area contributed by atoms with E-state index in [0.29, 0.717) is 5.95 Å². The molecule has 1 unspecified atom stereocenters. The topological polar surface area (TPSA) is 93.0 Å². The Balaban J connectivity index is 2.16. The molecule has 0 aliphatic heterocycles. The van der Waals surface area contributed by atoms with E-state index in [1.807, 2.05) is 24.4 Å². The minimum atomic E-state index is -0.486. The molecule has 0 amide bonds. The summed E-state index contributed by atoms with van der Waals surface area (Å²) in [5.41, 5.74) is -0.123. The molecule has 0 aliphatic carbocycles. The molecule has 20 heavy (non-hydrogen) atoms. The number of anilines is 2. The van der Waals surface area contributed by atoms with Crippen LogP contribution in [0.1, 0.15) is 11.8 Å². The van der Waals surface area contributed by atoms with Crippen LogP contribution in [-0.4, -0.2) is 28.0 Å². The van der Waals surface area contributed by atoms with Gasteiger partial charge in [-0.3, -0.25) is 10.1 Å². The van der Waals surface area contributed by atoms with Crippen LogP contribution in [0.5, 0.6) is 0 Å². The molecule has 8 heteroatoms. The van der Waals surface area contributed by atoms with Crippen molar-refractivity contribution >= 4 is 28.8 Å². The smallest absolute Gasteiger partial charge is 0.329 e. The molecule has 0 bridgehead atoms. The summed E-state index contributed by atoms with van der Waals surface area (Å²) in [4.78, 5) is 19.7. The molecule has 0 aromatic carbocycles. The van der Waals surface area contributed by atoms with Crippen LogP contribution in [0.2, 0.25) is 0 Å². The van der Waals surface area contributed by atoms with Crippen molar-refractivity contribution in [2.75, 3.05) is 17.7 Å². The number of hydrogen-bond donors (Lipinski definition) is 2. The highest BCUT2D eigenvalue weighted by Crippen LogP contribution is 2.23. The maximum absolute atomic E-state index is 11.0. The van der Waals surface area contributed by atoms with Gasteiger partial charge in [-0.25, -0.2) is 4.98 Å². The Kier molecular flexibility index (Phi) is 4.46. The number of hydrogen-bond acceptors (Lipinski definition) is 7. The Bertz CT molecular complexity index is 588. The van der Waals surface area contributed by atoms with Gasteiger partial charge in [0.15, 0.2) is 0 Å². The SMILES string of the molecule is CNc1ncc([N+](=O)[O-])c(NC(C)Cc2cccs2)n1. The van der Waals surface area contributed by atoms with E-state index in [2.05, 4.69) is 20.6 Å². The average molecular weight is 293 g/mol. The molecule has 0 fully saturated rings. The molecular formula is C12H15N5O2S. The maximum atomic E-state index is 11.0. The summed E-state index contributed by atoms with van der Waals surface area (Å²) < 4.78 is 0. The third kappa shape index (κ3) is 3.41. The standard InChI is InChI=1S/C12H15N5O2S/c1-8(6-9-4-3-5-20-9)15-11-10(17(18)19)7-14-12(13-2)16-11/h3-5,7-8H,6H2,1-2H3,(H2,13,14,15,16). The van der Waals surface area contributed by atoms with Crippen LogP contribution < -0.4 is 10.6 Å². The molecule has 2 rings (SSSR count). The molecule has 0 aliphatic rings. The van der Waals surface area contributed by atoms with Gasteiger partial charge in [0, 0.05) is 24.4 Å². The van der Waals surface area contributed by atoms with Crippen LogP contribution in [-0.2, 0) is 6.42 Å². The maximum Gasteiger partial charge on any atom is 0.329 e. The second kappa shape index (κ2) is 6.29. The normalized spacial score (nSPS) is 11.9. The molecule has 106 valence electrons. The summed E-state index contributed by atoms with van der Waals surface area (Å²) in [6, 6.07) is 4.06. The molecule has 7 nitrogen and oxygen atoms in total. The summed E-state index contributed by atoms with van der Waals surface area (Å²) in [5, 5.41) is 18.8. The van der Waals surface area contributed by atoms with Crippen molar-refractivity contribution < 1.29 is 4.92 Å². The molecular weight excluding hydrogens is 278 g/mol. The van der Waals surface area contributed by atoms with Crippen LogP contribution in [0, 0.1) is 10.1 Å². The minimum Gasteiger partial charge on any atom is -0.361 e. The quantitative estimate of drug-likeness (QED) is 0.628. The minimum absolute atomic E-state index is 0.0342. The number of nitrogens with zero attached hydrogens (tertiary/aromatic N) is 3. The zero-order valence-corrected chi connectivity index (χ0v) is 12.0. The largest absolute Gasteiger partial charge is 0.361 e. The Labute approximate surface area is 120 Å². The first-order chi connectivity index (χ1) is 9.60. The molecule has 0 saturated heterocycles. The van der Waals surface area contributed by atoms with Gasteiger partial charge < -0.3 is 10.6 Å². The van der Waals surface area contributed by atoms with E-state index in [4.69, 9.17) is 0 Å². The lowest BCUT2D eigenvalue weighted by molar-refractivity contribution is -0.384. The lowest BCUT2D eigenvalue weighted by Gasteiger charge is -2.14. The summed E-state index contributed by atoms with van der Waals surface area (Å²) in [7, 11) is 1.67. The van der Waals surface area contributed by atoms with Crippen molar-refractivity contribution in [3.63, 3.8) is 0 Å². The van der Waals surface area contributed by atoms with Crippen molar-refractivity contribution in [3.05, 3.63) is 38.7 Å². The number of thiophene rings is 1. The highest BCUT2D eigenvalue weighted by atomic mass is 32.1. The number of nitrogens with one attached hydrogen (secondary N) is 2. The van der Waals surface area contributed by atoms with Gasteiger partial charge in [0.2, 0.25) is 11.8 Å². The van der Waals surface area contributed by atoms with Crippen LogP contribution >= 0.6 is 11.3 Å². The second-order valence-corrected chi connectivity index (χ2v) is 5.30. The summed E-state index contributed by atoms with van der Waals surface area (Å²) in [6.07, 6.45) is 1.99. The van der Waals surface area contributed by atoms with Crippen LogP contribution in [0.3, 0.4) is 0 Å². The van der Waals surface area contributed by atoms with Gasteiger partial charge in [0.1, 0.15) is 6.20 Å². The highest BCUT2D eigenvalue weighted by molar-refractivity contribution is 7.09. The van der Waals surface area contributed by atoms with Crippen LogP contribution in [0.25, 0.3) is 0 Å². The average Bonchev–Trinajstić information content (AvgIpc) is 2.90. The molecule has 2 heterocycles. The van der Waals surface area contributed by atoms with Crippen molar-refractivity contribution in [1.29, 1.82) is 0 Å². The van der Waals surface area contributed by atoms with Gasteiger partial charge in [-0.1, -0.05) is 6.07 Å². The third-order valence-corrected chi connectivity index (χ3v) is 3.56. The number of rotatable bonds is 6. The van der Waals surface area contributed by atoms with E-state index in [1.54, 1.807) is 18.4 Å². The summed E-state index contributed by atoms with van der Waals surface area (Å²) >= 11 is 1.66. The fourth-order valence-corrected chi connectivity index (χ4v) is 2.59. The molecule has 2 aromatic heterocycles. The molecule has 0 spiro atoms. The predicted molar refractivity (Wildman–Crippen MR) is 79.3 cm³/mol. The monoisotopic (exact) mass is 293 g/mol. The van der Waals surface area contributed by atoms with Gasteiger partial charge >= 0.3 is 5.69 Å². The predicted octanol–water partition coefficient (Wildman–Crippen LogP) is 2.53. The van der Waals surface area contributed by atoms with Crippen molar-refractivity contribution in [3.8, 4) is 0 Å². The van der Waals surface area contributed by atoms with E-state index in [1.165, 1.54) is 11.1 Å². The fourth-order valence-electron chi connectivity index (χ4n) is 1.75. The second-order valence-electron chi connectivity index (χ2n) is 4.26. The zero-order valence-electron chi connectivity index (χ0n) is 11.2. The van der Waals surface area contributed by atoms with E-state index in [9.17, 15) is 10.1 Å². The molecule has 2 N–H and O–H groups in total. The van der Waals surface area contributed by atoms with E-state index in [-0.39, 0.29) is 17.5 Å². The molecule has 0 saturated carbocycles. The van der Waals surface area contributed by atoms with Crippen molar-refractivity contribution in [2.45, 2.75) is 19.4 Å². The van der Waals surface area contributed by atoms with Gasteiger partial charge in [0.05, 0.1) is 4.92 Å². The Morgan fingerprint density at radius 3 is 2.95 bits per heavy atom. The van der Waals surface area contributed by atoms with E-state index >= 15 is 0 Å². The van der Waals surface area contributed by atoms with Crippen molar-refractivity contribution in [1.82, 2.24) is 9.97 Å². The Hall–Kier alpha value is -2.22. The Morgan fingerprint density at radius 2 is 2.35 bits per heavy atom. The number of nitro groups is 1. The van der Waals surface area contributed by atoms with Crippen molar-refractivity contribution in [2.24, 2.45) is 0 Å². The van der Waals surface area contributed by atoms with E-state index < -0.39 is 4.92 Å². The molecule has 1 atom stereocenters. The summed E-state index contributed by atoms with van der Waals surface area (Å²) in [6.45, 7) is 1.96. The van der Waals surface area contributed by atoms with Gasteiger partial charge in [-0.15, -0.1) is 11.3 Å². The summed E-state index contributed by atoms with van der Waals surface area (Å²) in [5.74, 6) is 0.583.